The van der Waals surface area contributed by atoms with Crippen molar-refractivity contribution in [3.05, 3.63) is 34.2 Å². The molecule has 0 saturated heterocycles. The number of carbonyl (C=O) groups is 1. The summed E-state index contributed by atoms with van der Waals surface area (Å²) in [6.07, 6.45) is -3.85. The Morgan fingerprint density at radius 3 is 2.41 bits per heavy atom. The molecule has 0 aliphatic carbocycles. The summed E-state index contributed by atoms with van der Waals surface area (Å²) in [5.41, 5.74) is -1.55. The highest BCUT2D eigenvalue weighted by atomic mass is 19.4. The number of halogens is 3. The lowest BCUT2D eigenvalue weighted by molar-refractivity contribution is -0.138. The topological polar surface area (TPSA) is 39.1 Å². The zero-order valence-electron chi connectivity index (χ0n) is 9.41. The van der Waals surface area contributed by atoms with Gasteiger partial charge >= 0.3 is 6.18 Å². The van der Waals surface area contributed by atoms with Crippen molar-refractivity contribution in [2.75, 3.05) is 0 Å². The number of nitrogens with zero attached hydrogens (tertiary/aromatic N) is 1. The van der Waals surface area contributed by atoms with Crippen LogP contribution >= 0.6 is 0 Å². The van der Waals surface area contributed by atoms with Crippen LogP contribution in [-0.4, -0.2) is 10.4 Å². The number of hydrogen-bond donors (Lipinski definition) is 0. The van der Waals surface area contributed by atoms with Crippen LogP contribution in [0.25, 0.3) is 0 Å². The average molecular weight is 247 g/mol. The lowest BCUT2D eigenvalue weighted by atomic mass is 10.1. The van der Waals surface area contributed by atoms with Crippen LogP contribution in [0.2, 0.25) is 0 Å². The number of aromatic nitrogens is 1. The number of carbonyl (C=O) groups excluding carboxylic acids is 1. The fourth-order valence-electron chi connectivity index (χ4n) is 1.17. The molecule has 6 heteroatoms. The van der Waals surface area contributed by atoms with E-state index in [4.69, 9.17) is 0 Å². The second-order valence-electron chi connectivity index (χ2n) is 4.00. The summed E-state index contributed by atoms with van der Waals surface area (Å²) >= 11 is 0. The molecule has 0 radical (unpaired) electrons. The molecule has 0 aliphatic heterocycles. The number of hydrogen-bond acceptors (Lipinski definition) is 2. The third-order valence-corrected chi connectivity index (χ3v) is 2.28. The minimum absolute atomic E-state index is 0.286. The molecular formula is C11H12F3NO2. The van der Waals surface area contributed by atoms with E-state index in [0.29, 0.717) is 12.3 Å². The Morgan fingerprint density at radius 2 is 1.94 bits per heavy atom. The summed E-state index contributed by atoms with van der Waals surface area (Å²) in [6.45, 7) is 2.92. The average Bonchev–Trinajstić information content (AvgIpc) is 2.19. The largest absolute Gasteiger partial charge is 0.417 e. The van der Waals surface area contributed by atoms with Gasteiger partial charge in [0.05, 0.1) is 12.1 Å². The van der Waals surface area contributed by atoms with Crippen LogP contribution in [0.5, 0.6) is 0 Å². The van der Waals surface area contributed by atoms with E-state index in [1.165, 1.54) is 0 Å². The van der Waals surface area contributed by atoms with E-state index in [2.05, 4.69) is 0 Å². The van der Waals surface area contributed by atoms with Crippen molar-refractivity contribution in [1.29, 1.82) is 0 Å². The smallest absolute Gasteiger partial charge is 0.307 e. The fourth-order valence-corrected chi connectivity index (χ4v) is 1.17. The molecule has 0 spiro atoms. The van der Waals surface area contributed by atoms with Gasteiger partial charge in [0.2, 0.25) is 0 Å². The highest BCUT2D eigenvalue weighted by Gasteiger charge is 2.31. The summed E-state index contributed by atoms with van der Waals surface area (Å²) in [5, 5.41) is 0. The number of ketones is 1. The van der Waals surface area contributed by atoms with E-state index >= 15 is 0 Å². The summed E-state index contributed by atoms with van der Waals surface area (Å²) in [7, 11) is 0. The molecule has 0 N–H and O–H groups in total. The molecular weight excluding hydrogens is 235 g/mol. The number of pyridine rings is 1. The van der Waals surface area contributed by atoms with Crippen LogP contribution in [0.15, 0.2) is 23.1 Å². The quantitative estimate of drug-likeness (QED) is 0.820. The van der Waals surface area contributed by atoms with Crippen molar-refractivity contribution in [3.63, 3.8) is 0 Å². The Balaban J connectivity index is 3.08. The summed E-state index contributed by atoms with van der Waals surface area (Å²) in [6, 6.07) is 1.52. The van der Waals surface area contributed by atoms with Gasteiger partial charge in [0, 0.05) is 18.2 Å². The van der Waals surface area contributed by atoms with Crippen LogP contribution in [0.3, 0.4) is 0 Å². The normalized spacial score (nSPS) is 11.9. The Labute approximate surface area is 95.9 Å². The van der Waals surface area contributed by atoms with Gasteiger partial charge in [-0.3, -0.25) is 9.59 Å². The zero-order valence-corrected chi connectivity index (χ0v) is 9.41. The molecule has 0 bridgehead atoms. The van der Waals surface area contributed by atoms with Crippen molar-refractivity contribution in [2.45, 2.75) is 26.6 Å². The molecule has 0 amide bonds. The van der Waals surface area contributed by atoms with Gasteiger partial charge in [-0.25, -0.2) is 0 Å². The van der Waals surface area contributed by atoms with Crippen molar-refractivity contribution >= 4 is 5.78 Å². The van der Waals surface area contributed by atoms with Crippen molar-refractivity contribution < 1.29 is 18.0 Å². The lowest BCUT2D eigenvalue weighted by Crippen LogP contribution is -2.26. The van der Waals surface area contributed by atoms with E-state index in [9.17, 15) is 22.8 Å². The standard InChI is InChI=1S/C11H12F3NO2/c1-7(2)9(16)6-15-5-8(11(12,13)14)3-4-10(15)17/h3-5,7H,6H2,1-2H3. The summed E-state index contributed by atoms with van der Waals surface area (Å²) < 4.78 is 38.0. The number of Topliss-reactive ketones (excluding diaryl/α,β-unsaturated/α-hetero) is 1. The first-order valence-corrected chi connectivity index (χ1v) is 5.02. The van der Waals surface area contributed by atoms with E-state index in [1.54, 1.807) is 13.8 Å². The maximum absolute atomic E-state index is 12.4. The molecule has 94 valence electrons. The van der Waals surface area contributed by atoms with E-state index in [1.807, 2.05) is 0 Å². The van der Waals surface area contributed by atoms with Gasteiger partial charge in [-0.1, -0.05) is 13.8 Å². The molecule has 1 aromatic rings. The molecule has 3 nitrogen and oxygen atoms in total. The second-order valence-corrected chi connectivity index (χ2v) is 4.00. The minimum Gasteiger partial charge on any atom is -0.307 e. The van der Waals surface area contributed by atoms with Crippen LogP contribution in [0.4, 0.5) is 13.2 Å². The molecule has 0 aliphatic rings. The first-order valence-electron chi connectivity index (χ1n) is 5.02. The second kappa shape index (κ2) is 4.73. The Morgan fingerprint density at radius 1 is 1.35 bits per heavy atom. The predicted molar refractivity (Wildman–Crippen MR) is 55.5 cm³/mol. The highest BCUT2D eigenvalue weighted by molar-refractivity contribution is 5.80. The minimum atomic E-state index is -4.52. The lowest BCUT2D eigenvalue weighted by Gasteiger charge is -2.11. The first-order chi connectivity index (χ1) is 7.71. The molecule has 17 heavy (non-hydrogen) atoms. The molecule has 1 aromatic heterocycles. The van der Waals surface area contributed by atoms with Crippen LogP contribution in [0.1, 0.15) is 19.4 Å². The van der Waals surface area contributed by atoms with Gasteiger partial charge in [0.1, 0.15) is 0 Å². The monoisotopic (exact) mass is 247 g/mol. The first kappa shape index (κ1) is 13.5. The molecule has 0 saturated carbocycles. The van der Waals surface area contributed by atoms with Gasteiger partial charge in [-0.15, -0.1) is 0 Å². The van der Waals surface area contributed by atoms with Crippen LogP contribution < -0.4 is 5.56 Å². The van der Waals surface area contributed by atoms with E-state index < -0.39 is 17.3 Å². The Kier molecular flexibility index (Phi) is 3.75. The van der Waals surface area contributed by atoms with Gasteiger partial charge in [-0.05, 0) is 6.07 Å². The third kappa shape index (κ3) is 3.44. The maximum Gasteiger partial charge on any atom is 0.417 e. The maximum atomic E-state index is 12.4. The predicted octanol–water partition coefficient (Wildman–Crippen LogP) is 2.09. The van der Waals surface area contributed by atoms with Gasteiger partial charge < -0.3 is 4.57 Å². The zero-order chi connectivity index (χ0) is 13.2. The molecule has 1 heterocycles. The van der Waals surface area contributed by atoms with Crippen molar-refractivity contribution in [2.24, 2.45) is 5.92 Å². The SMILES string of the molecule is CC(C)C(=O)Cn1cc(C(F)(F)F)ccc1=O. The summed E-state index contributed by atoms with van der Waals surface area (Å²) in [5.74, 6) is -0.608. The van der Waals surface area contributed by atoms with Gasteiger partial charge in [-0.2, -0.15) is 13.2 Å². The number of rotatable bonds is 3. The van der Waals surface area contributed by atoms with Crippen LogP contribution in [0, 0.1) is 5.92 Å². The number of alkyl halides is 3. The Bertz CT molecular complexity index is 474. The molecule has 0 atom stereocenters. The fraction of sp³-hybridized carbons (Fsp3) is 0.455. The van der Waals surface area contributed by atoms with Gasteiger partial charge in [0.15, 0.2) is 5.78 Å². The van der Waals surface area contributed by atoms with Crippen LogP contribution in [-0.2, 0) is 17.5 Å². The van der Waals surface area contributed by atoms with Crippen molar-refractivity contribution in [1.82, 2.24) is 4.57 Å². The molecule has 1 rings (SSSR count). The Hall–Kier alpha value is -1.59. The molecule has 0 unspecified atom stereocenters. The van der Waals surface area contributed by atoms with Gasteiger partial charge in [0.25, 0.3) is 5.56 Å². The summed E-state index contributed by atoms with van der Waals surface area (Å²) in [4.78, 5) is 22.7. The highest BCUT2D eigenvalue weighted by Crippen LogP contribution is 2.27. The molecule has 0 aromatic carbocycles. The third-order valence-electron chi connectivity index (χ3n) is 2.28. The van der Waals surface area contributed by atoms with E-state index in [0.717, 1.165) is 10.6 Å². The molecule has 0 fully saturated rings. The van der Waals surface area contributed by atoms with E-state index in [-0.39, 0.29) is 18.2 Å². The van der Waals surface area contributed by atoms with Crippen molar-refractivity contribution in [3.8, 4) is 0 Å².